The van der Waals surface area contributed by atoms with Gasteiger partial charge >= 0.3 is 0 Å². The molecular formula is C9H15NO. The molecule has 2 heteroatoms. The standard InChI is InChI=1S/C9H15NO/c1-6(2)8(4)9-5-7(3)10-11-9/h5-6,8H,1-4H3. The van der Waals surface area contributed by atoms with E-state index >= 15 is 0 Å². The largest absolute Gasteiger partial charge is 0.361 e. The molecule has 1 unspecified atom stereocenters. The summed E-state index contributed by atoms with van der Waals surface area (Å²) >= 11 is 0. The predicted molar refractivity (Wildman–Crippen MR) is 44.5 cm³/mol. The third kappa shape index (κ3) is 1.82. The summed E-state index contributed by atoms with van der Waals surface area (Å²) in [6.07, 6.45) is 0. The third-order valence-electron chi connectivity index (χ3n) is 2.09. The van der Waals surface area contributed by atoms with Crippen LogP contribution in [0.5, 0.6) is 0 Å². The van der Waals surface area contributed by atoms with E-state index in [0.717, 1.165) is 11.5 Å². The molecule has 0 fully saturated rings. The van der Waals surface area contributed by atoms with Crippen molar-refractivity contribution < 1.29 is 4.52 Å². The Labute approximate surface area is 67.6 Å². The van der Waals surface area contributed by atoms with Crippen molar-refractivity contribution >= 4 is 0 Å². The van der Waals surface area contributed by atoms with Crippen molar-refractivity contribution in [2.45, 2.75) is 33.6 Å². The van der Waals surface area contributed by atoms with Crippen LogP contribution >= 0.6 is 0 Å². The Morgan fingerprint density at radius 2 is 2.00 bits per heavy atom. The molecule has 1 atom stereocenters. The Hall–Kier alpha value is -0.790. The first kappa shape index (κ1) is 8.31. The van der Waals surface area contributed by atoms with Gasteiger partial charge in [-0.25, -0.2) is 0 Å². The second-order valence-electron chi connectivity index (χ2n) is 3.40. The monoisotopic (exact) mass is 153 g/mol. The first-order chi connectivity index (χ1) is 5.11. The van der Waals surface area contributed by atoms with E-state index in [1.54, 1.807) is 0 Å². The summed E-state index contributed by atoms with van der Waals surface area (Å²) in [5.41, 5.74) is 0.965. The minimum Gasteiger partial charge on any atom is -0.361 e. The summed E-state index contributed by atoms with van der Waals surface area (Å²) in [5.74, 6) is 2.08. The maximum atomic E-state index is 5.14. The van der Waals surface area contributed by atoms with Gasteiger partial charge in [0.1, 0.15) is 5.76 Å². The highest BCUT2D eigenvalue weighted by atomic mass is 16.5. The summed E-state index contributed by atoms with van der Waals surface area (Å²) in [6, 6.07) is 2.00. The molecule has 11 heavy (non-hydrogen) atoms. The van der Waals surface area contributed by atoms with E-state index in [0.29, 0.717) is 11.8 Å². The van der Waals surface area contributed by atoms with Crippen molar-refractivity contribution in [1.29, 1.82) is 0 Å². The van der Waals surface area contributed by atoms with E-state index in [9.17, 15) is 0 Å². The maximum Gasteiger partial charge on any atom is 0.140 e. The Kier molecular flexibility index (Phi) is 2.32. The van der Waals surface area contributed by atoms with Gasteiger partial charge in [0.05, 0.1) is 5.69 Å². The van der Waals surface area contributed by atoms with E-state index in [1.165, 1.54) is 0 Å². The minimum atomic E-state index is 0.469. The Morgan fingerprint density at radius 1 is 1.36 bits per heavy atom. The number of aryl methyl sites for hydroxylation is 1. The second-order valence-corrected chi connectivity index (χ2v) is 3.40. The van der Waals surface area contributed by atoms with E-state index < -0.39 is 0 Å². The molecule has 0 aliphatic carbocycles. The molecular weight excluding hydrogens is 138 g/mol. The normalized spacial score (nSPS) is 13.9. The summed E-state index contributed by atoms with van der Waals surface area (Å²) in [4.78, 5) is 0. The van der Waals surface area contributed by atoms with E-state index in [1.807, 2.05) is 13.0 Å². The zero-order chi connectivity index (χ0) is 8.43. The van der Waals surface area contributed by atoms with Crippen LogP contribution in [-0.4, -0.2) is 5.16 Å². The van der Waals surface area contributed by atoms with Gasteiger partial charge in [-0.05, 0) is 12.8 Å². The maximum absolute atomic E-state index is 5.14. The molecule has 0 saturated heterocycles. The van der Waals surface area contributed by atoms with Gasteiger partial charge < -0.3 is 4.52 Å². The highest BCUT2D eigenvalue weighted by Crippen LogP contribution is 2.23. The molecule has 2 nitrogen and oxygen atoms in total. The molecule has 0 spiro atoms. The molecule has 0 radical (unpaired) electrons. The third-order valence-corrected chi connectivity index (χ3v) is 2.09. The van der Waals surface area contributed by atoms with Gasteiger partial charge in [-0.1, -0.05) is 25.9 Å². The zero-order valence-corrected chi connectivity index (χ0v) is 7.59. The van der Waals surface area contributed by atoms with Gasteiger partial charge in [-0.3, -0.25) is 0 Å². The highest BCUT2D eigenvalue weighted by molar-refractivity contribution is 5.07. The van der Waals surface area contributed by atoms with Gasteiger partial charge in [0.2, 0.25) is 0 Å². The minimum absolute atomic E-state index is 0.469. The van der Waals surface area contributed by atoms with Crippen LogP contribution in [0, 0.1) is 12.8 Å². The van der Waals surface area contributed by atoms with Crippen molar-refractivity contribution in [3.05, 3.63) is 17.5 Å². The lowest BCUT2D eigenvalue weighted by Crippen LogP contribution is -1.99. The molecule has 1 aromatic heterocycles. The summed E-state index contributed by atoms with van der Waals surface area (Å²) in [7, 11) is 0. The van der Waals surface area contributed by atoms with Crippen LogP contribution in [0.25, 0.3) is 0 Å². The van der Waals surface area contributed by atoms with Gasteiger partial charge in [0, 0.05) is 12.0 Å². The molecule has 1 aromatic rings. The van der Waals surface area contributed by atoms with Crippen molar-refractivity contribution in [2.24, 2.45) is 5.92 Å². The van der Waals surface area contributed by atoms with Crippen LogP contribution in [0.15, 0.2) is 10.6 Å². The Balaban J connectivity index is 2.76. The fourth-order valence-corrected chi connectivity index (χ4v) is 0.926. The number of rotatable bonds is 2. The quantitative estimate of drug-likeness (QED) is 0.653. The highest BCUT2D eigenvalue weighted by Gasteiger charge is 2.13. The summed E-state index contributed by atoms with van der Waals surface area (Å²) in [6.45, 7) is 8.47. The topological polar surface area (TPSA) is 26.0 Å². The van der Waals surface area contributed by atoms with E-state index in [2.05, 4.69) is 25.9 Å². The van der Waals surface area contributed by atoms with Crippen molar-refractivity contribution in [2.75, 3.05) is 0 Å². The summed E-state index contributed by atoms with van der Waals surface area (Å²) < 4.78 is 5.14. The SMILES string of the molecule is Cc1cc(C(C)C(C)C)on1. The van der Waals surface area contributed by atoms with Gasteiger partial charge in [-0.15, -0.1) is 0 Å². The van der Waals surface area contributed by atoms with Crippen LogP contribution in [0.4, 0.5) is 0 Å². The van der Waals surface area contributed by atoms with Crippen LogP contribution in [0.3, 0.4) is 0 Å². The average molecular weight is 153 g/mol. The van der Waals surface area contributed by atoms with E-state index in [4.69, 9.17) is 4.52 Å². The molecule has 0 aliphatic heterocycles. The fraction of sp³-hybridized carbons (Fsp3) is 0.667. The van der Waals surface area contributed by atoms with Gasteiger partial charge in [0.15, 0.2) is 0 Å². The molecule has 0 aromatic carbocycles. The number of hydrogen-bond acceptors (Lipinski definition) is 2. The van der Waals surface area contributed by atoms with Gasteiger partial charge in [0.25, 0.3) is 0 Å². The van der Waals surface area contributed by atoms with E-state index in [-0.39, 0.29) is 0 Å². The number of aromatic nitrogens is 1. The predicted octanol–water partition coefficient (Wildman–Crippen LogP) is 2.74. The number of hydrogen-bond donors (Lipinski definition) is 0. The molecule has 0 N–H and O–H groups in total. The first-order valence-corrected chi connectivity index (χ1v) is 4.04. The fourth-order valence-electron chi connectivity index (χ4n) is 0.926. The average Bonchev–Trinajstić information content (AvgIpc) is 2.34. The van der Waals surface area contributed by atoms with Crippen LogP contribution < -0.4 is 0 Å². The van der Waals surface area contributed by atoms with Crippen molar-refractivity contribution in [3.8, 4) is 0 Å². The molecule has 0 saturated carbocycles. The molecule has 0 amide bonds. The second kappa shape index (κ2) is 3.07. The Morgan fingerprint density at radius 3 is 2.36 bits per heavy atom. The van der Waals surface area contributed by atoms with Crippen LogP contribution in [-0.2, 0) is 0 Å². The first-order valence-electron chi connectivity index (χ1n) is 4.04. The molecule has 1 heterocycles. The van der Waals surface area contributed by atoms with Crippen LogP contribution in [0.2, 0.25) is 0 Å². The lowest BCUT2D eigenvalue weighted by molar-refractivity contribution is 0.337. The van der Waals surface area contributed by atoms with Gasteiger partial charge in [-0.2, -0.15) is 0 Å². The molecule has 0 bridgehead atoms. The van der Waals surface area contributed by atoms with Crippen molar-refractivity contribution in [1.82, 2.24) is 5.16 Å². The molecule has 0 aliphatic rings. The van der Waals surface area contributed by atoms with Crippen LogP contribution in [0.1, 0.15) is 38.1 Å². The Bertz CT molecular complexity index is 227. The lowest BCUT2D eigenvalue weighted by atomic mass is 9.95. The zero-order valence-electron chi connectivity index (χ0n) is 7.59. The molecule has 62 valence electrons. The number of nitrogens with zero attached hydrogens (tertiary/aromatic N) is 1. The molecule has 1 rings (SSSR count). The smallest absolute Gasteiger partial charge is 0.140 e. The summed E-state index contributed by atoms with van der Waals surface area (Å²) in [5, 5.41) is 3.85. The van der Waals surface area contributed by atoms with Crippen molar-refractivity contribution in [3.63, 3.8) is 0 Å². The lowest BCUT2D eigenvalue weighted by Gasteiger charge is -2.10.